The van der Waals surface area contributed by atoms with Crippen LogP contribution in [0.4, 0.5) is 0 Å². The molecule has 4 rings (SSSR count). The first kappa shape index (κ1) is 28.9. The van der Waals surface area contributed by atoms with Gasteiger partial charge in [-0.15, -0.1) is 0 Å². The van der Waals surface area contributed by atoms with E-state index in [0.717, 1.165) is 58.3 Å². The molecule has 38 heavy (non-hydrogen) atoms. The van der Waals surface area contributed by atoms with E-state index in [9.17, 15) is 9.59 Å². The summed E-state index contributed by atoms with van der Waals surface area (Å²) in [5.74, 6) is 1.14. The molecule has 5 nitrogen and oxygen atoms in total. The summed E-state index contributed by atoms with van der Waals surface area (Å²) < 4.78 is 12.7. The van der Waals surface area contributed by atoms with Gasteiger partial charge in [-0.25, -0.2) is 0 Å². The zero-order valence-corrected chi connectivity index (χ0v) is 25.6. The number of halogens is 1. The van der Waals surface area contributed by atoms with Crippen molar-refractivity contribution in [3.05, 3.63) is 44.7 Å². The number of ketones is 2. The summed E-state index contributed by atoms with van der Waals surface area (Å²) in [6.45, 7) is 11.4. The number of methoxy groups -OCH3 is 1. The number of unbranched alkanes of at least 4 members (excludes halogenated alkanes) is 5. The summed E-state index contributed by atoms with van der Waals surface area (Å²) in [4.78, 5) is 27.2. The monoisotopic (exact) mass is 585 g/mol. The molecule has 6 heteroatoms. The van der Waals surface area contributed by atoms with Gasteiger partial charge in [-0.2, -0.15) is 0 Å². The number of hydrogen-bond donors (Lipinski definition) is 1. The largest absolute Gasteiger partial charge is 0.493 e. The zero-order chi connectivity index (χ0) is 27.7. The number of allylic oxidation sites excluding steroid dienone is 4. The van der Waals surface area contributed by atoms with Crippen molar-refractivity contribution in [2.45, 2.75) is 105 Å². The van der Waals surface area contributed by atoms with Crippen molar-refractivity contribution in [3.8, 4) is 11.5 Å². The summed E-state index contributed by atoms with van der Waals surface area (Å²) in [5, 5.41) is 3.59. The van der Waals surface area contributed by atoms with Gasteiger partial charge in [-0.3, -0.25) is 9.59 Å². The van der Waals surface area contributed by atoms with Crippen molar-refractivity contribution in [2.24, 2.45) is 10.8 Å². The maximum absolute atomic E-state index is 13.6. The van der Waals surface area contributed by atoms with E-state index in [1.165, 1.54) is 25.7 Å². The lowest BCUT2D eigenvalue weighted by atomic mass is 9.64. The minimum absolute atomic E-state index is 0.119. The lowest BCUT2D eigenvalue weighted by Gasteiger charge is -2.44. The number of dihydropyridines is 1. The molecular formula is C32H44BrNO4. The highest BCUT2D eigenvalue weighted by molar-refractivity contribution is 9.10. The Labute approximate surface area is 236 Å². The van der Waals surface area contributed by atoms with E-state index < -0.39 is 5.92 Å². The minimum atomic E-state index is -0.397. The van der Waals surface area contributed by atoms with Crippen molar-refractivity contribution >= 4 is 27.5 Å². The third kappa shape index (κ3) is 6.21. The van der Waals surface area contributed by atoms with E-state index in [1.54, 1.807) is 7.11 Å². The van der Waals surface area contributed by atoms with Crippen LogP contribution in [0.25, 0.3) is 0 Å². The Balaban J connectivity index is 1.69. The highest BCUT2D eigenvalue weighted by Gasteiger charge is 2.46. The minimum Gasteiger partial charge on any atom is -0.493 e. The maximum Gasteiger partial charge on any atom is 0.175 e. The summed E-state index contributed by atoms with van der Waals surface area (Å²) in [7, 11) is 1.64. The molecule has 1 aromatic rings. The second-order valence-electron chi connectivity index (χ2n) is 12.9. The smallest absolute Gasteiger partial charge is 0.175 e. The normalized spacial score (nSPS) is 20.7. The molecule has 0 amide bonds. The van der Waals surface area contributed by atoms with Crippen molar-refractivity contribution in [3.63, 3.8) is 0 Å². The summed E-state index contributed by atoms with van der Waals surface area (Å²) >= 11 is 3.73. The molecule has 1 N–H and O–H groups in total. The zero-order valence-electron chi connectivity index (χ0n) is 24.0. The van der Waals surface area contributed by atoms with Crippen LogP contribution in [-0.2, 0) is 9.59 Å². The fraction of sp³-hybridized carbons (Fsp3) is 0.625. The van der Waals surface area contributed by atoms with Crippen molar-refractivity contribution in [1.29, 1.82) is 0 Å². The van der Waals surface area contributed by atoms with E-state index in [0.29, 0.717) is 30.9 Å². The topological polar surface area (TPSA) is 64.6 Å². The van der Waals surface area contributed by atoms with Gasteiger partial charge in [0, 0.05) is 41.3 Å². The lowest BCUT2D eigenvalue weighted by Crippen LogP contribution is -2.42. The van der Waals surface area contributed by atoms with Gasteiger partial charge in [0.2, 0.25) is 0 Å². The van der Waals surface area contributed by atoms with Crippen LogP contribution in [-0.4, -0.2) is 25.3 Å². The second-order valence-corrected chi connectivity index (χ2v) is 13.7. The predicted molar refractivity (Wildman–Crippen MR) is 156 cm³/mol. The van der Waals surface area contributed by atoms with Gasteiger partial charge in [0.05, 0.1) is 18.2 Å². The van der Waals surface area contributed by atoms with Crippen LogP contribution in [0.2, 0.25) is 0 Å². The average Bonchev–Trinajstić information content (AvgIpc) is 2.81. The van der Waals surface area contributed by atoms with Gasteiger partial charge in [-0.1, -0.05) is 66.7 Å². The standard InChI is InChI=1S/C32H44BrNO4/c1-7-8-9-10-11-12-13-38-30-21(33)14-20(15-26(30)37-6)27-28-22(16-31(2,3)18-24(28)35)34-23-17-32(4,5)19-25(36)29(23)27/h14-15,27,34H,7-13,16-19H2,1-6H3. The molecule has 0 aromatic heterocycles. The molecular weight excluding hydrogens is 542 g/mol. The van der Waals surface area contributed by atoms with Crippen LogP contribution in [0.1, 0.15) is 110 Å². The molecule has 1 aliphatic heterocycles. The van der Waals surface area contributed by atoms with Gasteiger partial charge < -0.3 is 14.8 Å². The third-order valence-electron chi connectivity index (χ3n) is 8.05. The Bertz CT molecular complexity index is 1110. The van der Waals surface area contributed by atoms with Crippen molar-refractivity contribution in [2.75, 3.05) is 13.7 Å². The molecule has 3 aliphatic rings. The quantitative estimate of drug-likeness (QED) is 0.280. The predicted octanol–water partition coefficient (Wildman–Crippen LogP) is 8.17. The first-order valence-electron chi connectivity index (χ1n) is 14.3. The Morgan fingerprint density at radius 3 is 1.97 bits per heavy atom. The van der Waals surface area contributed by atoms with Crippen molar-refractivity contribution in [1.82, 2.24) is 5.32 Å². The molecule has 0 spiro atoms. The number of ether oxygens (including phenoxy) is 2. The average molecular weight is 587 g/mol. The fourth-order valence-electron chi connectivity index (χ4n) is 6.33. The van der Waals surface area contributed by atoms with Gasteiger partial charge in [0.1, 0.15) is 0 Å². The van der Waals surface area contributed by atoms with Crippen LogP contribution in [0.5, 0.6) is 11.5 Å². The summed E-state index contributed by atoms with van der Waals surface area (Å²) in [6, 6.07) is 3.98. The highest BCUT2D eigenvalue weighted by atomic mass is 79.9. The molecule has 0 unspecified atom stereocenters. The van der Waals surface area contributed by atoms with Gasteiger partial charge in [0.25, 0.3) is 0 Å². The molecule has 0 bridgehead atoms. The van der Waals surface area contributed by atoms with E-state index in [4.69, 9.17) is 9.47 Å². The molecule has 208 valence electrons. The van der Waals surface area contributed by atoms with Gasteiger partial charge in [0.15, 0.2) is 23.1 Å². The highest BCUT2D eigenvalue weighted by Crippen LogP contribution is 2.52. The Morgan fingerprint density at radius 2 is 1.42 bits per heavy atom. The maximum atomic E-state index is 13.6. The molecule has 0 radical (unpaired) electrons. The molecule has 0 saturated heterocycles. The number of rotatable bonds is 10. The number of benzene rings is 1. The third-order valence-corrected chi connectivity index (χ3v) is 8.64. The lowest BCUT2D eigenvalue weighted by molar-refractivity contribution is -0.119. The SMILES string of the molecule is CCCCCCCCOc1c(Br)cc(C2C3=C(CC(C)(C)CC3=O)NC3=C2C(=O)CC(C)(C)C3)cc1OC. The molecule has 0 atom stereocenters. The molecule has 1 aromatic carbocycles. The van der Waals surface area contributed by atoms with Crippen LogP contribution >= 0.6 is 15.9 Å². The van der Waals surface area contributed by atoms with E-state index in [-0.39, 0.29) is 22.4 Å². The summed E-state index contributed by atoms with van der Waals surface area (Å²) in [5.41, 5.74) is 4.08. The second kappa shape index (κ2) is 11.6. The molecule has 0 saturated carbocycles. The van der Waals surface area contributed by atoms with E-state index >= 15 is 0 Å². The van der Waals surface area contributed by atoms with Crippen LogP contribution < -0.4 is 14.8 Å². The summed E-state index contributed by atoms with van der Waals surface area (Å²) in [6.07, 6.45) is 9.71. The number of Topliss-reactive ketones (excluding diaryl/α,β-unsaturated/α-hetero) is 2. The first-order chi connectivity index (χ1) is 18.0. The van der Waals surface area contributed by atoms with Gasteiger partial charge >= 0.3 is 0 Å². The number of hydrogen-bond acceptors (Lipinski definition) is 5. The van der Waals surface area contributed by atoms with E-state index in [2.05, 4.69) is 55.9 Å². The first-order valence-corrected chi connectivity index (χ1v) is 15.1. The number of nitrogens with one attached hydrogen (secondary N) is 1. The van der Waals surface area contributed by atoms with Crippen LogP contribution in [0.3, 0.4) is 0 Å². The molecule has 2 aliphatic carbocycles. The Kier molecular flexibility index (Phi) is 8.81. The van der Waals surface area contributed by atoms with Gasteiger partial charge in [-0.05, 0) is 63.7 Å². The van der Waals surface area contributed by atoms with Crippen molar-refractivity contribution < 1.29 is 19.1 Å². The van der Waals surface area contributed by atoms with Crippen LogP contribution in [0.15, 0.2) is 39.1 Å². The Hall–Kier alpha value is -2.08. The molecule has 1 heterocycles. The fourth-order valence-corrected chi connectivity index (χ4v) is 6.90. The number of carbonyl (C=O) groups is 2. The van der Waals surface area contributed by atoms with Crippen LogP contribution in [0, 0.1) is 10.8 Å². The van der Waals surface area contributed by atoms with E-state index in [1.807, 2.05) is 12.1 Å². The molecule has 0 fully saturated rings. The Morgan fingerprint density at radius 1 is 0.868 bits per heavy atom. The number of carbonyl (C=O) groups excluding carboxylic acids is 2.